The molecule has 8 heteroatoms. The molecule has 2 aliphatic heterocycles. The number of piperidine rings is 2. The second-order valence-electron chi connectivity index (χ2n) is 9.20. The molecule has 31 heavy (non-hydrogen) atoms. The van der Waals surface area contributed by atoms with Gasteiger partial charge in [0.05, 0.1) is 23.4 Å². The Labute approximate surface area is 181 Å². The Balaban J connectivity index is 1.32. The second kappa shape index (κ2) is 7.75. The molecule has 164 valence electrons. The molecule has 2 fully saturated rings. The average Bonchev–Trinajstić information content (AvgIpc) is 3.11. The molecule has 2 saturated heterocycles. The Morgan fingerprint density at radius 3 is 2.81 bits per heavy atom. The van der Waals surface area contributed by atoms with Crippen LogP contribution in [0.25, 0.3) is 0 Å². The molecule has 4 heterocycles. The number of aliphatic hydroxyl groups is 1. The number of Topliss-reactive ketones (excluding diaryl/α,β-unsaturated/α-hetero) is 1. The van der Waals surface area contributed by atoms with Crippen molar-refractivity contribution in [1.82, 2.24) is 14.9 Å². The summed E-state index contributed by atoms with van der Waals surface area (Å²) in [6.45, 7) is 4.33. The lowest BCUT2D eigenvalue weighted by Crippen LogP contribution is -2.54. The zero-order valence-electron chi connectivity index (χ0n) is 17.8. The predicted molar refractivity (Wildman–Crippen MR) is 113 cm³/mol. The molecule has 0 radical (unpaired) electrons. The topological polar surface area (TPSA) is 99.8 Å². The van der Waals surface area contributed by atoms with E-state index in [-0.39, 0.29) is 17.1 Å². The van der Waals surface area contributed by atoms with Crippen LogP contribution in [-0.4, -0.2) is 63.9 Å². The number of anilines is 1. The number of ketones is 1. The fraction of sp³-hybridized carbons (Fsp3) is 0.565. The van der Waals surface area contributed by atoms with Crippen LogP contribution in [0.15, 0.2) is 23.0 Å². The van der Waals surface area contributed by atoms with Crippen LogP contribution in [0.1, 0.15) is 64.3 Å². The van der Waals surface area contributed by atoms with Crippen LogP contribution >= 0.6 is 0 Å². The van der Waals surface area contributed by atoms with Gasteiger partial charge in [-0.15, -0.1) is 0 Å². The summed E-state index contributed by atoms with van der Waals surface area (Å²) < 4.78 is 5.79. The van der Waals surface area contributed by atoms with Crippen LogP contribution in [0.4, 0.5) is 5.82 Å². The average molecular weight is 425 g/mol. The maximum atomic E-state index is 13.4. The zero-order valence-corrected chi connectivity index (χ0v) is 17.8. The number of aliphatic hydroxyl groups excluding tert-OH is 1. The summed E-state index contributed by atoms with van der Waals surface area (Å²) in [6.07, 6.45) is 8.92. The van der Waals surface area contributed by atoms with E-state index < -0.39 is 6.10 Å². The van der Waals surface area contributed by atoms with Crippen LogP contribution in [0.5, 0.6) is 0 Å². The highest BCUT2D eigenvalue weighted by molar-refractivity contribution is 6.10. The molecule has 1 N–H and O–H groups in total. The number of hydrogen-bond donors (Lipinski definition) is 1. The quantitative estimate of drug-likeness (QED) is 0.790. The van der Waals surface area contributed by atoms with E-state index in [1.54, 1.807) is 25.5 Å². The standard InChI is InChI=1S/C23H28N4O4/c1-15-20(21-17(29)3-2-4-18(21)31-15)22(30)26-9-5-23(6-10-26)11-16(28)13-27(14-23)19-12-24-7-8-25-19/h7-8,12,16,28H,2-6,9-11,13-14H2,1H3. The molecule has 1 amide bonds. The molecule has 1 unspecified atom stereocenters. The highest BCUT2D eigenvalue weighted by Gasteiger charge is 2.43. The molecule has 2 aromatic rings. The molecule has 0 bridgehead atoms. The van der Waals surface area contributed by atoms with Crippen LogP contribution in [0, 0.1) is 12.3 Å². The Hall–Kier alpha value is -2.74. The van der Waals surface area contributed by atoms with Gasteiger partial charge >= 0.3 is 0 Å². The number of β-amino-alcohol motifs (C(OH)–C–C–N with tert-alkyl or cyclic N) is 1. The molecule has 1 spiro atoms. The first-order chi connectivity index (χ1) is 15.0. The SMILES string of the molecule is Cc1oc2c(c1C(=O)N1CCC3(CC1)CC(O)CN(c1cnccn1)C3)C(=O)CCC2. The molecule has 1 aliphatic carbocycles. The maximum absolute atomic E-state index is 13.4. The summed E-state index contributed by atoms with van der Waals surface area (Å²) >= 11 is 0. The van der Waals surface area contributed by atoms with E-state index in [4.69, 9.17) is 4.42 Å². The third-order valence-electron chi connectivity index (χ3n) is 7.07. The first-order valence-electron chi connectivity index (χ1n) is 11.1. The summed E-state index contributed by atoms with van der Waals surface area (Å²) in [4.78, 5) is 38.3. The first kappa shape index (κ1) is 20.2. The van der Waals surface area contributed by atoms with E-state index in [2.05, 4.69) is 14.9 Å². The van der Waals surface area contributed by atoms with E-state index in [1.165, 1.54) is 0 Å². The van der Waals surface area contributed by atoms with Gasteiger partial charge in [0.1, 0.15) is 17.3 Å². The molecule has 5 rings (SSSR count). The van der Waals surface area contributed by atoms with E-state index in [0.717, 1.165) is 38.0 Å². The van der Waals surface area contributed by atoms with E-state index >= 15 is 0 Å². The lowest BCUT2D eigenvalue weighted by atomic mass is 9.71. The molecular weight excluding hydrogens is 396 g/mol. The summed E-state index contributed by atoms with van der Waals surface area (Å²) in [7, 11) is 0. The minimum Gasteiger partial charge on any atom is -0.465 e. The maximum Gasteiger partial charge on any atom is 0.258 e. The van der Waals surface area contributed by atoms with Crippen LogP contribution < -0.4 is 4.90 Å². The van der Waals surface area contributed by atoms with Crippen molar-refractivity contribution in [2.24, 2.45) is 5.41 Å². The smallest absolute Gasteiger partial charge is 0.258 e. The Morgan fingerprint density at radius 1 is 1.26 bits per heavy atom. The molecule has 0 saturated carbocycles. The van der Waals surface area contributed by atoms with Crippen LogP contribution in [0.2, 0.25) is 0 Å². The van der Waals surface area contributed by atoms with Gasteiger partial charge in [-0.3, -0.25) is 14.6 Å². The van der Waals surface area contributed by atoms with Gasteiger partial charge in [-0.25, -0.2) is 4.98 Å². The molecular formula is C23H28N4O4. The third-order valence-corrected chi connectivity index (χ3v) is 7.07. The van der Waals surface area contributed by atoms with Crippen molar-refractivity contribution in [2.45, 2.75) is 51.6 Å². The van der Waals surface area contributed by atoms with Crippen molar-refractivity contribution in [3.8, 4) is 0 Å². The highest BCUT2D eigenvalue weighted by atomic mass is 16.3. The number of nitrogens with zero attached hydrogens (tertiary/aromatic N) is 4. The van der Waals surface area contributed by atoms with Crippen LogP contribution in [-0.2, 0) is 6.42 Å². The van der Waals surface area contributed by atoms with Gasteiger partial charge in [-0.1, -0.05) is 0 Å². The largest absolute Gasteiger partial charge is 0.465 e. The van der Waals surface area contributed by atoms with Crippen LogP contribution in [0.3, 0.4) is 0 Å². The molecule has 3 aliphatic rings. The minimum absolute atomic E-state index is 0.0185. The van der Waals surface area contributed by atoms with Gasteiger partial charge in [0.2, 0.25) is 0 Å². The highest BCUT2D eigenvalue weighted by Crippen LogP contribution is 2.41. The third kappa shape index (κ3) is 3.63. The monoisotopic (exact) mass is 424 g/mol. The number of amides is 1. The van der Waals surface area contributed by atoms with Gasteiger partial charge in [0.25, 0.3) is 5.91 Å². The minimum atomic E-state index is -0.432. The number of furan rings is 1. The summed E-state index contributed by atoms with van der Waals surface area (Å²) in [5.74, 6) is 1.91. The summed E-state index contributed by atoms with van der Waals surface area (Å²) in [5, 5.41) is 10.6. The fourth-order valence-electron chi connectivity index (χ4n) is 5.55. The lowest BCUT2D eigenvalue weighted by Gasteiger charge is -2.49. The van der Waals surface area contributed by atoms with Gasteiger partial charge < -0.3 is 19.3 Å². The van der Waals surface area contributed by atoms with Gasteiger partial charge in [-0.05, 0) is 38.0 Å². The fourth-order valence-corrected chi connectivity index (χ4v) is 5.55. The molecule has 0 aromatic carbocycles. The number of aromatic nitrogens is 2. The van der Waals surface area contributed by atoms with Gasteiger partial charge in [0.15, 0.2) is 5.78 Å². The number of fused-ring (bicyclic) bond motifs is 1. The van der Waals surface area contributed by atoms with Crippen molar-refractivity contribution >= 4 is 17.5 Å². The number of aryl methyl sites for hydroxylation is 2. The molecule has 2 aromatic heterocycles. The van der Waals surface area contributed by atoms with Gasteiger partial charge in [0, 0.05) is 51.4 Å². The summed E-state index contributed by atoms with van der Waals surface area (Å²) in [5.41, 5.74) is 0.906. The van der Waals surface area contributed by atoms with E-state index in [1.807, 2.05) is 4.90 Å². The number of hydrogen-bond acceptors (Lipinski definition) is 7. The number of carbonyl (C=O) groups is 2. The van der Waals surface area contributed by atoms with Crippen molar-refractivity contribution in [2.75, 3.05) is 31.1 Å². The summed E-state index contributed by atoms with van der Waals surface area (Å²) in [6, 6.07) is 0. The molecule has 8 nitrogen and oxygen atoms in total. The van der Waals surface area contributed by atoms with E-state index in [0.29, 0.717) is 55.1 Å². The number of carbonyl (C=O) groups excluding carboxylic acids is 2. The van der Waals surface area contributed by atoms with Crippen molar-refractivity contribution in [1.29, 1.82) is 0 Å². The van der Waals surface area contributed by atoms with Crippen molar-refractivity contribution in [3.05, 3.63) is 41.2 Å². The Bertz CT molecular complexity index is 995. The second-order valence-corrected chi connectivity index (χ2v) is 9.20. The van der Waals surface area contributed by atoms with Crippen molar-refractivity contribution in [3.63, 3.8) is 0 Å². The number of rotatable bonds is 2. The first-order valence-corrected chi connectivity index (χ1v) is 11.1. The van der Waals surface area contributed by atoms with Gasteiger partial charge in [-0.2, -0.15) is 0 Å². The Kier molecular flexibility index (Phi) is 5.04. The van der Waals surface area contributed by atoms with E-state index in [9.17, 15) is 14.7 Å². The van der Waals surface area contributed by atoms with Crippen molar-refractivity contribution < 1.29 is 19.1 Å². The Morgan fingerprint density at radius 2 is 2.06 bits per heavy atom. The molecule has 1 atom stereocenters. The normalized spacial score (nSPS) is 23.2. The predicted octanol–water partition coefficient (Wildman–Crippen LogP) is 2.39. The lowest BCUT2D eigenvalue weighted by molar-refractivity contribution is 0.0245. The zero-order chi connectivity index (χ0) is 21.6. The number of likely N-dealkylation sites (tertiary alicyclic amines) is 1.